The highest BCUT2D eigenvalue weighted by atomic mass is 16.5. The summed E-state index contributed by atoms with van der Waals surface area (Å²) in [5.74, 6) is -1.84. The molecule has 0 aliphatic rings. The lowest BCUT2D eigenvalue weighted by atomic mass is 9.84. The summed E-state index contributed by atoms with van der Waals surface area (Å²) < 4.78 is 4.81. The average molecular weight is 268 g/mol. The molecule has 19 heavy (non-hydrogen) atoms. The summed E-state index contributed by atoms with van der Waals surface area (Å²) >= 11 is 0. The number of carboxylic acid groups (broad SMARTS) is 1. The Morgan fingerprint density at radius 2 is 2.11 bits per heavy atom. The zero-order valence-electron chi connectivity index (χ0n) is 11.7. The van der Waals surface area contributed by atoms with Gasteiger partial charge >= 0.3 is 5.97 Å². The molecule has 6 nitrogen and oxygen atoms in total. The molecule has 1 aromatic rings. The molecule has 0 aromatic carbocycles. The third-order valence-electron chi connectivity index (χ3n) is 2.67. The van der Waals surface area contributed by atoms with Crippen LogP contribution in [0.2, 0.25) is 0 Å². The number of carboxylic acids is 1. The van der Waals surface area contributed by atoms with Crippen LogP contribution in [0.3, 0.4) is 0 Å². The van der Waals surface area contributed by atoms with E-state index in [1.807, 2.05) is 20.8 Å². The van der Waals surface area contributed by atoms with E-state index in [-0.39, 0.29) is 17.7 Å². The Bertz CT molecular complexity index is 459. The lowest BCUT2D eigenvalue weighted by Gasteiger charge is -2.23. The second kappa shape index (κ2) is 5.86. The number of nitrogens with one attached hydrogen (secondary N) is 1. The minimum atomic E-state index is -0.912. The summed E-state index contributed by atoms with van der Waals surface area (Å²) in [6.45, 7) is 7.67. The van der Waals surface area contributed by atoms with Gasteiger partial charge in [-0.25, -0.2) is 0 Å². The smallest absolute Gasteiger partial charge is 0.308 e. The minimum Gasteiger partial charge on any atom is -0.481 e. The molecule has 106 valence electrons. The van der Waals surface area contributed by atoms with Crippen LogP contribution in [0.1, 0.15) is 43.3 Å². The Morgan fingerprint density at radius 3 is 2.53 bits per heavy atom. The Hall–Kier alpha value is -1.85. The van der Waals surface area contributed by atoms with Gasteiger partial charge in [0.1, 0.15) is 0 Å². The number of nitrogens with zero attached hydrogens (tertiary/aromatic N) is 1. The quantitative estimate of drug-likeness (QED) is 0.850. The summed E-state index contributed by atoms with van der Waals surface area (Å²) in [6.07, 6.45) is 1.93. The van der Waals surface area contributed by atoms with Crippen molar-refractivity contribution in [2.45, 2.75) is 34.1 Å². The van der Waals surface area contributed by atoms with E-state index in [4.69, 9.17) is 9.63 Å². The van der Waals surface area contributed by atoms with Crippen LogP contribution >= 0.6 is 0 Å². The van der Waals surface area contributed by atoms with E-state index in [2.05, 4.69) is 10.5 Å². The predicted molar refractivity (Wildman–Crippen MR) is 68.8 cm³/mol. The number of amides is 1. The molecule has 1 heterocycles. The molecule has 0 radical (unpaired) electrons. The van der Waals surface area contributed by atoms with E-state index in [1.165, 1.54) is 6.20 Å². The fourth-order valence-electron chi connectivity index (χ4n) is 1.79. The normalized spacial score (nSPS) is 13.1. The van der Waals surface area contributed by atoms with E-state index in [0.717, 1.165) is 0 Å². The fourth-order valence-corrected chi connectivity index (χ4v) is 1.79. The zero-order valence-corrected chi connectivity index (χ0v) is 11.7. The summed E-state index contributed by atoms with van der Waals surface area (Å²) in [5, 5.41) is 15.2. The van der Waals surface area contributed by atoms with E-state index >= 15 is 0 Å². The molecule has 6 heteroatoms. The highest BCUT2D eigenvalue weighted by molar-refractivity contribution is 5.92. The lowest BCUT2D eigenvalue weighted by Crippen LogP contribution is -2.35. The number of aryl methyl sites for hydroxylation is 1. The Balaban J connectivity index is 2.60. The van der Waals surface area contributed by atoms with Gasteiger partial charge in [-0.15, -0.1) is 0 Å². The highest BCUT2D eigenvalue weighted by Crippen LogP contribution is 2.24. The Kier molecular flexibility index (Phi) is 4.69. The zero-order chi connectivity index (χ0) is 14.6. The van der Waals surface area contributed by atoms with Crippen LogP contribution in [0.25, 0.3) is 0 Å². The summed E-state index contributed by atoms with van der Waals surface area (Å²) in [6, 6.07) is 0. The van der Waals surface area contributed by atoms with Crippen LogP contribution in [0, 0.1) is 18.3 Å². The van der Waals surface area contributed by atoms with Crippen LogP contribution in [0.15, 0.2) is 10.7 Å². The Labute approximate surface area is 112 Å². The first-order chi connectivity index (χ1) is 8.70. The number of aliphatic carboxylic acids is 1. The van der Waals surface area contributed by atoms with E-state index in [9.17, 15) is 9.59 Å². The SMILES string of the molecule is Cc1cnoc1C(=O)NCC(CC(C)(C)C)C(=O)O. The number of carbonyl (C=O) groups excluding carboxylic acids is 1. The van der Waals surface area contributed by atoms with Crippen LogP contribution in [0.5, 0.6) is 0 Å². The topological polar surface area (TPSA) is 92.4 Å². The van der Waals surface area contributed by atoms with Gasteiger partial charge in [-0.05, 0) is 18.8 Å². The standard InChI is InChI=1S/C13H20N2O4/c1-8-6-15-19-10(8)11(16)14-7-9(12(17)18)5-13(2,3)4/h6,9H,5,7H2,1-4H3,(H,14,16)(H,17,18). The lowest BCUT2D eigenvalue weighted by molar-refractivity contribution is -0.142. The molecule has 0 aliphatic carbocycles. The molecule has 1 rings (SSSR count). The fraction of sp³-hybridized carbons (Fsp3) is 0.615. The van der Waals surface area contributed by atoms with E-state index in [1.54, 1.807) is 6.92 Å². The molecule has 0 saturated heterocycles. The van der Waals surface area contributed by atoms with Crippen LogP contribution in [0.4, 0.5) is 0 Å². The molecule has 0 bridgehead atoms. The molecule has 0 aliphatic heterocycles. The van der Waals surface area contributed by atoms with Crippen molar-refractivity contribution in [3.05, 3.63) is 17.5 Å². The molecule has 1 aromatic heterocycles. The van der Waals surface area contributed by atoms with Crippen molar-refractivity contribution in [1.29, 1.82) is 0 Å². The first-order valence-corrected chi connectivity index (χ1v) is 6.13. The van der Waals surface area contributed by atoms with Gasteiger partial charge in [-0.3, -0.25) is 9.59 Å². The van der Waals surface area contributed by atoms with Crippen molar-refractivity contribution in [3.8, 4) is 0 Å². The second-order valence-corrected chi connectivity index (χ2v) is 5.85. The number of rotatable bonds is 5. The van der Waals surface area contributed by atoms with Crippen LogP contribution in [-0.4, -0.2) is 28.7 Å². The molecule has 1 unspecified atom stereocenters. The molecule has 2 N–H and O–H groups in total. The van der Waals surface area contributed by atoms with Gasteiger partial charge < -0.3 is 14.9 Å². The molecular formula is C13H20N2O4. The van der Waals surface area contributed by atoms with Crippen molar-refractivity contribution in [2.75, 3.05) is 6.54 Å². The predicted octanol–water partition coefficient (Wildman–Crippen LogP) is 1.85. The van der Waals surface area contributed by atoms with Crippen LogP contribution in [-0.2, 0) is 4.79 Å². The number of hydrogen-bond acceptors (Lipinski definition) is 4. The van der Waals surface area contributed by atoms with Gasteiger partial charge in [0.25, 0.3) is 5.91 Å². The summed E-state index contributed by atoms with van der Waals surface area (Å²) in [4.78, 5) is 22.9. The number of hydrogen-bond donors (Lipinski definition) is 2. The van der Waals surface area contributed by atoms with Crippen molar-refractivity contribution in [3.63, 3.8) is 0 Å². The van der Waals surface area contributed by atoms with Gasteiger partial charge in [0, 0.05) is 12.1 Å². The van der Waals surface area contributed by atoms with Crippen LogP contribution < -0.4 is 5.32 Å². The monoisotopic (exact) mass is 268 g/mol. The third-order valence-corrected chi connectivity index (χ3v) is 2.67. The first kappa shape index (κ1) is 15.2. The molecule has 0 spiro atoms. The molecule has 1 atom stereocenters. The van der Waals surface area contributed by atoms with E-state index < -0.39 is 17.8 Å². The average Bonchev–Trinajstić information content (AvgIpc) is 2.68. The van der Waals surface area contributed by atoms with Crippen molar-refractivity contribution in [1.82, 2.24) is 10.5 Å². The second-order valence-electron chi connectivity index (χ2n) is 5.85. The highest BCUT2D eigenvalue weighted by Gasteiger charge is 2.25. The first-order valence-electron chi connectivity index (χ1n) is 6.13. The molecule has 1 amide bonds. The van der Waals surface area contributed by atoms with Gasteiger partial charge in [0.2, 0.25) is 5.76 Å². The number of carbonyl (C=O) groups is 2. The van der Waals surface area contributed by atoms with Gasteiger partial charge in [-0.2, -0.15) is 0 Å². The van der Waals surface area contributed by atoms with Gasteiger partial charge in [-0.1, -0.05) is 25.9 Å². The summed E-state index contributed by atoms with van der Waals surface area (Å²) in [5.41, 5.74) is 0.510. The van der Waals surface area contributed by atoms with Gasteiger partial charge in [0.05, 0.1) is 12.1 Å². The number of aromatic nitrogens is 1. The third kappa shape index (κ3) is 4.73. The largest absolute Gasteiger partial charge is 0.481 e. The molecule has 0 saturated carbocycles. The maximum atomic E-state index is 11.8. The van der Waals surface area contributed by atoms with Crippen molar-refractivity contribution in [2.24, 2.45) is 11.3 Å². The maximum Gasteiger partial charge on any atom is 0.308 e. The molecule has 0 fully saturated rings. The summed E-state index contributed by atoms with van der Waals surface area (Å²) in [7, 11) is 0. The Morgan fingerprint density at radius 1 is 1.47 bits per heavy atom. The van der Waals surface area contributed by atoms with Crippen molar-refractivity contribution >= 4 is 11.9 Å². The van der Waals surface area contributed by atoms with Crippen molar-refractivity contribution < 1.29 is 19.2 Å². The van der Waals surface area contributed by atoms with E-state index in [0.29, 0.717) is 12.0 Å². The minimum absolute atomic E-state index is 0.0750. The maximum absolute atomic E-state index is 11.8. The van der Waals surface area contributed by atoms with Gasteiger partial charge in [0.15, 0.2) is 0 Å². The molecular weight excluding hydrogens is 248 g/mol.